The Morgan fingerprint density at radius 2 is 1.67 bits per heavy atom. The summed E-state index contributed by atoms with van der Waals surface area (Å²) in [7, 11) is 1.54. The van der Waals surface area contributed by atoms with Gasteiger partial charge in [-0.05, 0) is 5.56 Å². The Balaban J connectivity index is 2.08. The zero-order valence-corrected chi connectivity index (χ0v) is 13.4. The Bertz CT molecular complexity index is 885. The van der Waals surface area contributed by atoms with E-state index >= 15 is 0 Å². The average Bonchev–Trinajstić information content (AvgIpc) is 2.63. The Hall–Kier alpha value is -2.98. The van der Waals surface area contributed by atoms with Crippen LogP contribution in [0.5, 0.6) is 0 Å². The number of methoxy groups -OCH3 is 1. The molecule has 0 unspecified atom stereocenters. The first-order valence-electron chi connectivity index (χ1n) is 7.67. The van der Waals surface area contributed by atoms with Gasteiger partial charge in [0.2, 0.25) is 0 Å². The van der Waals surface area contributed by atoms with Crippen LogP contribution in [0.3, 0.4) is 0 Å². The zero-order chi connectivity index (χ0) is 16.8. The molecule has 3 rings (SSSR count). The van der Waals surface area contributed by atoms with Crippen molar-refractivity contribution in [3.63, 3.8) is 0 Å². The van der Waals surface area contributed by atoms with E-state index in [2.05, 4.69) is 5.10 Å². The first-order valence-corrected chi connectivity index (χ1v) is 7.67. The fourth-order valence-corrected chi connectivity index (χ4v) is 2.42. The van der Waals surface area contributed by atoms with Crippen LogP contribution >= 0.6 is 0 Å². The van der Waals surface area contributed by atoms with Gasteiger partial charge in [-0.2, -0.15) is 5.10 Å². The fraction of sp³-hybridized carbons (Fsp3) is 0.100. The molecule has 0 N–H and O–H groups in total. The second-order valence-corrected chi connectivity index (χ2v) is 5.31. The lowest BCUT2D eigenvalue weighted by Crippen LogP contribution is -2.24. The van der Waals surface area contributed by atoms with Gasteiger partial charge in [0, 0.05) is 24.3 Å². The van der Waals surface area contributed by atoms with Crippen LogP contribution in [0, 0.1) is 0 Å². The minimum Gasteiger partial charge on any atom is -0.362 e. The van der Waals surface area contributed by atoms with E-state index in [0.29, 0.717) is 0 Å². The van der Waals surface area contributed by atoms with E-state index in [1.54, 1.807) is 13.2 Å². The van der Waals surface area contributed by atoms with Crippen LogP contribution in [0.1, 0.15) is 11.1 Å². The molecule has 2 aromatic carbocycles. The number of rotatable bonds is 5. The normalized spacial score (nSPS) is 11.0. The SMILES string of the molecule is COCn1nc(-c2ccccc2)c(C=Cc2ccccc2)cc1=O. The van der Waals surface area contributed by atoms with Crippen LogP contribution in [0.4, 0.5) is 0 Å². The summed E-state index contributed by atoms with van der Waals surface area (Å²) in [5.41, 5.74) is 3.36. The lowest BCUT2D eigenvalue weighted by atomic mass is 10.1. The lowest BCUT2D eigenvalue weighted by molar-refractivity contribution is 0.116. The van der Waals surface area contributed by atoms with E-state index in [-0.39, 0.29) is 12.3 Å². The van der Waals surface area contributed by atoms with Crippen LogP contribution in [-0.2, 0) is 11.5 Å². The van der Waals surface area contributed by atoms with Crippen LogP contribution in [0.15, 0.2) is 71.5 Å². The summed E-state index contributed by atoms with van der Waals surface area (Å²) >= 11 is 0. The van der Waals surface area contributed by atoms with Crippen molar-refractivity contribution in [2.45, 2.75) is 6.73 Å². The second kappa shape index (κ2) is 7.53. The van der Waals surface area contributed by atoms with Crippen molar-refractivity contribution >= 4 is 12.2 Å². The van der Waals surface area contributed by atoms with Gasteiger partial charge in [0.05, 0.1) is 5.69 Å². The highest BCUT2D eigenvalue weighted by atomic mass is 16.5. The van der Waals surface area contributed by atoms with Crippen molar-refractivity contribution in [1.82, 2.24) is 9.78 Å². The third kappa shape index (κ3) is 3.67. The number of hydrogen-bond donors (Lipinski definition) is 0. The molecule has 0 aliphatic heterocycles. The van der Waals surface area contributed by atoms with Crippen LogP contribution in [0.25, 0.3) is 23.4 Å². The fourth-order valence-electron chi connectivity index (χ4n) is 2.42. The van der Waals surface area contributed by atoms with Crippen LogP contribution < -0.4 is 5.56 Å². The molecule has 0 aliphatic rings. The third-order valence-corrected chi connectivity index (χ3v) is 3.58. The molecule has 0 radical (unpaired) electrons. The molecule has 0 saturated heterocycles. The largest absolute Gasteiger partial charge is 0.362 e. The predicted molar refractivity (Wildman–Crippen MR) is 96.3 cm³/mol. The first kappa shape index (κ1) is 15.9. The predicted octanol–water partition coefficient (Wildman–Crippen LogP) is 3.68. The Morgan fingerprint density at radius 1 is 1.00 bits per heavy atom. The number of nitrogens with zero attached hydrogens (tertiary/aromatic N) is 2. The minimum absolute atomic E-state index is 0.126. The Morgan fingerprint density at radius 3 is 2.33 bits per heavy atom. The summed E-state index contributed by atoms with van der Waals surface area (Å²) in [5.74, 6) is 0. The lowest BCUT2D eigenvalue weighted by Gasteiger charge is -2.09. The third-order valence-electron chi connectivity index (χ3n) is 3.58. The molecule has 4 nitrogen and oxygen atoms in total. The summed E-state index contributed by atoms with van der Waals surface area (Å²) in [6.07, 6.45) is 3.90. The molecular formula is C20H18N2O2. The standard InChI is InChI=1S/C20H18N2O2/c1-24-15-22-19(23)14-18(13-12-16-8-4-2-5-9-16)20(21-22)17-10-6-3-7-11-17/h2-14H,15H2,1H3. The van der Waals surface area contributed by atoms with Crippen molar-refractivity contribution in [3.05, 3.63) is 88.2 Å². The van der Waals surface area contributed by atoms with E-state index < -0.39 is 0 Å². The summed E-state index contributed by atoms with van der Waals surface area (Å²) < 4.78 is 6.37. The molecule has 4 heteroatoms. The van der Waals surface area contributed by atoms with Gasteiger partial charge in [0.25, 0.3) is 5.56 Å². The molecule has 0 fully saturated rings. The zero-order valence-electron chi connectivity index (χ0n) is 13.4. The highest BCUT2D eigenvalue weighted by Crippen LogP contribution is 2.21. The van der Waals surface area contributed by atoms with Crippen LogP contribution in [-0.4, -0.2) is 16.9 Å². The van der Waals surface area contributed by atoms with Gasteiger partial charge < -0.3 is 4.74 Å². The molecule has 0 bridgehead atoms. The second-order valence-electron chi connectivity index (χ2n) is 5.31. The number of benzene rings is 2. The Kier molecular flexibility index (Phi) is 4.99. The monoisotopic (exact) mass is 318 g/mol. The van der Waals surface area contributed by atoms with E-state index in [0.717, 1.165) is 22.4 Å². The summed E-state index contributed by atoms with van der Waals surface area (Å²) in [6, 6.07) is 21.4. The molecule has 1 heterocycles. The van der Waals surface area contributed by atoms with E-state index in [1.807, 2.05) is 72.8 Å². The van der Waals surface area contributed by atoms with Crippen molar-refractivity contribution in [3.8, 4) is 11.3 Å². The molecule has 0 saturated carbocycles. The van der Waals surface area contributed by atoms with Crippen LogP contribution in [0.2, 0.25) is 0 Å². The topological polar surface area (TPSA) is 44.1 Å². The molecule has 1 aromatic heterocycles. The molecule has 120 valence electrons. The Labute approximate surface area is 140 Å². The van der Waals surface area contributed by atoms with Gasteiger partial charge >= 0.3 is 0 Å². The average molecular weight is 318 g/mol. The molecule has 24 heavy (non-hydrogen) atoms. The molecule has 0 spiro atoms. The van der Waals surface area contributed by atoms with Gasteiger partial charge in [-0.25, -0.2) is 4.68 Å². The maximum atomic E-state index is 12.2. The first-order chi connectivity index (χ1) is 11.8. The number of aromatic nitrogens is 2. The number of ether oxygens (including phenoxy) is 1. The van der Waals surface area contributed by atoms with Gasteiger partial charge in [-0.1, -0.05) is 72.8 Å². The van der Waals surface area contributed by atoms with Gasteiger partial charge in [-0.3, -0.25) is 4.79 Å². The molecular weight excluding hydrogens is 300 g/mol. The molecule has 3 aromatic rings. The highest BCUT2D eigenvalue weighted by molar-refractivity contribution is 5.78. The van der Waals surface area contributed by atoms with Gasteiger partial charge in [0.1, 0.15) is 6.73 Å². The smallest absolute Gasteiger partial charge is 0.269 e. The summed E-state index contributed by atoms with van der Waals surface area (Å²) in [6.45, 7) is 0.126. The van der Waals surface area contributed by atoms with Crippen molar-refractivity contribution in [1.29, 1.82) is 0 Å². The molecule has 0 aliphatic carbocycles. The quantitative estimate of drug-likeness (QED) is 0.721. The summed E-state index contributed by atoms with van der Waals surface area (Å²) in [4.78, 5) is 12.2. The highest BCUT2D eigenvalue weighted by Gasteiger charge is 2.09. The van der Waals surface area contributed by atoms with Crippen molar-refractivity contribution < 1.29 is 4.74 Å². The van der Waals surface area contributed by atoms with E-state index in [4.69, 9.17) is 4.74 Å². The number of hydrogen-bond acceptors (Lipinski definition) is 3. The maximum absolute atomic E-state index is 12.2. The molecule has 0 atom stereocenters. The van der Waals surface area contributed by atoms with Gasteiger partial charge in [0.15, 0.2) is 0 Å². The summed E-state index contributed by atoms with van der Waals surface area (Å²) in [5, 5.41) is 4.47. The minimum atomic E-state index is -0.191. The van der Waals surface area contributed by atoms with Gasteiger partial charge in [-0.15, -0.1) is 0 Å². The maximum Gasteiger partial charge on any atom is 0.269 e. The molecule has 0 amide bonds. The van der Waals surface area contributed by atoms with Crippen molar-refractivity contribution in [2.24, 2.45) is 0 Å². The van der Waals surface area contributed by atoms with E-state index in [9.17, 15) is 4.79 Å². The van der Waals surface area contributed by atoms with E-state index in [1.165, 1.54) is 4.68 Å². The van der Waals surface area contributed by atoms with Crippen molar-refractivity contribution in [2.75, 3.05) is 7.11 Å².